The van der Waals surface area contributed by atoms with Gasteiger partial charge in [0.15, 0.2) is 0 Å². The van der Waals surface area contributed by atoms with Crippen LogP contribution in [0.25, 0.3) is 0 Å². The summed E-state index contributed by atoms with van der Waals surface area (Å²) < 4.78 is 0. The van der Waals surface area contributed by atoms with Crippen LogP contribution in [0.3, 0.4) is 0 Å². The number of nitrogens with two attached hydrogens (primary N) is 1. The van der Waals surface area contributed by atoms with E-state index in [1.807, 2.05) is 0 Å². The van der Waals surface area contributed by atoms with Gasteiger partial charge in [-0.15, -0.1) is 0 Å². The second-order valence-electron chi connectivity index (χ2n) is 7.61. The molecule has 2 unspecified atom stereocenters. The smallest absolute Gasteiger partial charge is 0.0337 e. The van der Waals surface area contributed by atoms with Crippen LogP contribution in [0, 0.1) is 11.8 Å². The molecule has 2 aliphatic carbocycles. The maximum atomic E-state index is 6.30. The highest BCUT2D eigenvalue weighted by Crippen LogP contribution is 2.40. The molecule has 0 spiro atoms. The van der Waals surface area contributed by atoms with Gasteiger partial charge in [0, 0.05) is 24.7 Å². The maximum absolute atomic E-state index is 6.30. The molecular weight excluding hydrogens is 232 g/mol. The normalized spacial score (nSPS) is 33.5. The summed E-state index contributed by atoms with van der Waals surface area (Å²) in [6, 6.07) is 0.816. The average Bonchev–Trinajstić information content (AvgIpc) is 2.89. The van der Waals surface area contributed by atoms with Crippen molar-refractivity contribution < 1.29 is 0 Å². The van der Waals surface area contributed by atoms with Crippen molar-refractivity contribution in [3.8, 4) is 0 Å². The topological polar surface area (TPSA) is 29.3 Å². The van der Waals surface area contributed by atoms with Crippen molar-refractivity contribution in [1.29, 1.82) is 0 Å². The Morgan fingerprint density at radius 3 is 2.37 bits per heavy atom. The summed E-state index contributed by atoms with van der Waals surface area (Å²) in [4.78, 5) is 2.86. The molecule has 0 radical (unpaired) electrons. The number of nitrogens with zero attached hydrogens (tertiary/aromatic N) is 1. The molecular formula is C17H34N2. The van der Waals surface area contributed by atoms with Gasteiger partial charge in [0.1, 0.15) is 0 Å². The number of hydrogen-bond donors (Lipinski definition) is 1. The van der Waals surface area contributed by atoms with E-state index in [0.29, 0.717) is 5.54 Å². The third-order valence-electron chi connectivity index (χ3n) is 5.38. The minimum atomic E-state index is 0.316. The average molecular weight is 266 g/mol. The van der Waals surface area contributed by atoms with Gasteiger partial charge in [0.2, 0.25) is 0 Å². The van der Waals surface area contributed by atoms with E-state index in [1.54, 1.807) is 0 Å². The van der Waals surface area contributed by atoms with Gasteiger partial charge in [-0.3, -0.25) is 4.90 Å². The second kappa shape index (κ2) is 6.58. The van der Waals surface area contributed by atoms with Crippen LogP contribution < -0.4 is 5.73 Å². The zero-order valence-corrected chi connectivity index (χ0v) is 13.3. The van der Waals surface area contributed by atoms with Gasteiger partial charge in [0.05, 0.1) is 0 Å². The first kappa shape index (κ1) is 15.3. The summed E-state index contributed by atoms with van der Waals surface area (Å²) in [5.74, 6) is 1.61. The lowest BCUT2D eigenvalue weighted by atomic mass is 9.74. The molecule has 0 aliphatic heterocycles. The largest absolute Gasteiger partial charge is 0.329 e. The monoisotopic (exact) mass is 266 g/mol. The zero-order valence-electron chi connectivity index (χ0n) is 13.3. The molecule has 2 N–H and O–H groups in total. The van der Waals surface area contributed by atoms with E-state index < -0.39 is 0 Å². The van der Waals surface area contributed by atoms with Crippen LogP contribution >= 0.6 is 0 Å². The molecule has 0 amide bonds. The molecule has 0 bridgehead atoms. The summed E-state index contributed by atoms with van der Waals surface area (Å²) in [6.45, 7) is 9.25. The van der Waals surface area contributed by atoms with Gasteiger partial charge in [-0.25, -0.2) is 0 Å². The summed E-state index contributed by atoms with van der Waals surface area (Å²) in [7, 11) is 0. The first-order chi connectivity index (χ1) is 9.07. The van der Waals surface area contributed by atoms with Gasteiger partial charge in [0.25, 0.3) is 0 Å². The van der Waals surface area contributed by atoms with Crippen LogP contribution in [0.2, 0.25) is 0 Å². The van der Waals surface area contributed by atoms with Crippen LogP contribution in [-0.4, -0.2) is 29.6 Å². The molecule has 2 heteroatoms. The van der Waals surface area contributed by atoms with Crippen molar-refractivity contribution in [2.75, 3.05) is 13.1 Å². The fraction of sp³-hybridized carbons (Fsp3) is 1.00. The van der Waals surface area contributed by atoms with Crippen LogP contribution in [0.4, 0.5) is 0 Å². The summed E-state index contributed by atoms with van der Waals surface area (Å²) in [5, 5.41) is 0. The Hall–Kier alpha value is -0.0800. The minimum Gasteiger partial charge on any atom is -0.329 e. The Labute approximate surface area is 120 Å². The molecule has 0 aromatic rings. The molecule has 0 heterocycles. The Morgan fingerprint density at radius 1 is 1.16 bits per heavy atom. The highest BCUT2D eigenvalue weighted by Gasteiger charge is 2.42. The van der Waals surface area contributed by atoms with Crippen LogP contribution in [0.1, 0.15) is 72.1 Å². The third-order valence-corrected chi connectivity index (χ3v) is 5.38. The first-order valence-corrected chi connectivity index (χ1v) is 8.54. The fourth-order valence-corrected chi connectivity index (χ4v) is 4.54. The quantitative estimate of drug-likeness (QED) is 0.820. The van der Waals surface area contributed by atoms with E-state index in [2.05, 4.69) is 25.7 Å². The van der Waals surface area contributed by atoms with Gasteiger partial charge >= 0.3 is 0 Å². The molecule has 2 saturated carbocycles. The van der Waals surface area contributed by atoms with Crippen molar-refractivity contribution in [2.45, 2.75) is 83.7 Å². The highest BCUT2D eigenvalue weighted by atomic mass is 15.2. The molecule has 2 rings (SSSR count). The standard InChI is InChI=1S/C17H34N2/c1-14(2)12-19(16-8-4-5-9-16)17(13-18)10-6-7-15(3)11-17/h14-16H,4-13,18H2,1-3H3. The Bertz CT molecular complexity index is 270. The predicted molar refractivity (Wildman–Crippen MR) is 83.2 cm³/mol. The molecule has 2 atom stereocenters. The van der Waals surface area contributed by atoms with E-state index in [1.165, 1.54) is 57.9 Å². The van der Waals surface area contributed by atoms with Gasteiger partial charge < -0.3 is 5.73 Å². The molecule has 2 nitrogen and oxygen atoms in total. The fourth-order valence-electron chi connectivity index (χ4n) is 4.54. The van der Waals surface area contributed by atoms with Crippen molar-refractivity contribution in [3.05, 3.63) is 0 Å². The van der Waals surface area contributed by atoms with Crippen molar-refractivity contribution >= 4 is 0 Å². The number of rotatable bonds is 5. The van der Waals surface area contributed by atoms with Gasteiger partial charge in [-0.05, 0) is 37.5 Å². The zero-order chi connectivity index (χ0) is 13.9. The molecule has 112 valence electrons. The van der Waals surface area contributed by atoms with E-state index in [-0.39, 0.29) is 0 Å². The van der Waals surface area contributed by atoms with E-state index in [9.17, 15) is 0 Å². The van der Waals surface area contributed by atoms with Gasteiger partial charge in [-0.1, -0.05) is 46.5 Å². The lowest BCUT2D eigenvalue weighted by Gasteiger charge is -2.51. The van der Waals surface area contributed by atoms with Crippen LogP contribution in [0.5, 0.6) is 0 Å². The molecule has 2 fully saturated rings. The molecule has 0 saturated heterocycles. The Balaban J connectivity index is 2.17. The highest BCUT2D eigenvalue weighted by molar-refractivity contribution is 4.99. The van der Waals surface area contributed by atoms with Crippen molar-refractivity contribution in [1.82, 2.24) is 4.90 Å². The van der Waals surface area contributed by atoms with Gasteiger partial charge in [-0.2, -0.15) is 0 Å². The second-order valence-corrected chi connectivity index (χ2v) is 7.61. The minimum absolute atomic E-state index is 0.316. The maximum Gasteiger partial charge on any atom is 0.0337 e. The summed E-state index contributed by atoms with van der Waals surface area (Å²) >= 11 is 0. The Kier molecular flexibility index (Phi) is 5.30. The van der Waals surface area contributed by atoms with Crippen molar-refractivity contribution in [3.63, 3.8) is 0 Å². The van der Waals surface area contributed by atoms with E-state index >= 15 is 0 Å². The van der Waals surface area contributed by atoms with E-state index in [4.69, 9.17) is 5.73 Å². The first-order valence-electron chi connectivity index (χ1n) is 8.54. The van der Waals surface area contributed by atoms with Crippen LogP contribution in [-0.2, 0) is 0 Å². The lowest BCUT2D eigenvalue weighted by Crippen LogP contribution is -2.60. The Morgan fingerprint density at radius 2 is 1.84 bits per heavy atom. The van der Waals surface area contributed by atoms with Crippen LogP contribution in [0.15, 0.2) is 0 Å². The molecule has 0 aromatic carbocycles. The van der Waals surface area contributed by atoms with Crippen molar-refractivity contribution in [2.24, 2.45) is 17.6 Å². The SMILES string of the molecule is CC(C)CN(C1CCCC1)C1(CN)CCCC(C)C1. The van der Waals surface area contributed by atoms with E-state index in [0.717, 1.165) is 24.4 Å². The molecule has 0 aromatic heterocycles. The summed E-state index contributed by atoms with van der Waals surface area (Å²) in [6.07, 6.45) is 11.1. The molecule has 19 heavy (non-hydrogen) atoms. The predicted octanol–water partition coefficient (Wildman–Crippen LogP) is 3.79. The summed E-state index contributed by atoms with van der Waals surface area (Å²) in [5.41, 5.74) is 6.62. The number of hydrogen-bond acceptors (Lipinski definition) is 2. The molecule has 2 aliphatic rings. The third kappa shape index (κ3) is 3.52. The lowest BCUT2D eigenvalue weighted by molar-refractivity contribution is -0.00260.